The lowest BCUT2D eigenvalue weighted by Gasteiger charge is -2.12. The Balaban J connectivity index is 1.96. The Morgan fingerprint density at radius 3 is 2.79 bits per heavy atom. The molecule has 0 aliphatic heterocycles. The SMILES string of the molecule is CCCCOc1ccc(/C=C/C(=O)Nc2nnc(SCCC)s2)cc1OCC. The second-order valence-electron chi connectivity index (χ2n) is 5.89. The summed E-state index contributed by atoms with van der Waals surface area (Å²) in [6.45, 7) is 7.38. The fourth-order valence-corrected chi connectivity index (χ4v) is 3.85. The quantitative estimate of drug-likeness (QED) is 0.218. The molecule has 0 spiro atoms. The minimum absolute atomic E-state index is 0.246. The van der Waals surface area contributed by atoms with Crippen LogP contribution in [0.5, 0.6) is 11.5 Å². The van der Waals surface area contributed by atoms with Crippen LogP contribution < -0.4 is 14.8 Å². The first kappa shape index (κ1) is 22.2. The highest BCUT2D eigenvalue weighted by atomic mass is 32.2. The molecule has 2 aromatic rings. The summed E-state index contributed by atoms with van der Waals surface area (Å²) in [6, 6.07) is 5.65. The molecule has 0 aliphatic carbocycles. The van der Waals surface area contributed by atoms with E-state index in [4.69, 9.17) is 9.47 Å². The van der Waals surface area contributed by atoms with Crippen LogP contribution in [0.4, 0.5) is 5.13 Å². The second kappa shape index (κ2) is 12.4. The van der Waals surface area contributed by atoms with Crippen LogP contribution >= 0.6 is 23.1 Å². The van der Waals surface area contributed by atoms with Gasteiger partial charge in [-0.3, -0.25) is 10.1 Å². The number of aromatic nitrogens is 2. The number of rotatable bonds is 12. The number of benzene rings is 1. The number of nitrogens with zero attached hydrogens (tertiary/aromatic N) is 2. The van der Waals surface area contributed by atoms with Gasteiger partial charge in [-0.1, -0.05) is 49.4 Å². The van der Waals surface area contributed by atoms with Gasteiger partial charge in [-0.05, 0) is 43.5 Å². The molecule has 0 aliphatic rings. The third-order valence-electron chi connectivity index (χ3n) is 3.52. The van der Waals surface area contributed by atoms with Crippen LogP contribution in [0.2, 0.25) is 0 Å². The predicted molar refractivity (Wildman–Crippen MR) is 117 cm³/mol. The number of ether oxygens (including phenoxy) is 2. The summed E-state index contributed by atoms with van der Waals surface area (Å²) < 4.78 is 12.3. The highest BCUT2D eigenvalue weighted by molar-refractivity contribution is 8.01. The summed E-state index contributed by atoms with van der Waals surface area (Å²) >= 11 is 3.02. The van der Waals surface area contributed by atoms with E-state index < -0.39 is 0 Å². The molecule has 0 unspecified atom stereocenters. The maximum atomic E-state index is 12.1. The van der Waals surface area contributed by atoms with Crippen LogP contribution in [0.1, 0.15) is 45.6 Å². The number of carbonyl (C=O) groups excluding carboxylic acids is 1. The van der Waals surface area contributed by atoms with Crippen molar-refractivity contribution in [1.29, 1.82) is 0 Å². The first-order valence-corrected chi connectivity index (χ1v) is 11.3. The molecule has 1 N–H and O–H groups in total. The van der Waals surface area contributed by atoms with Crippen molar-refractivity contribution in [1.82, 2.24) is 10.2 Å². The van der Waals surface area contributed by atoms with Crippen LogP contribution in [0.15, 0.2) is 28.6 Å². The maximum Gasteiger partial charge on any atom is 0.250 e. The van der Waals surface area contributed by atoms with Crippen molar-refractivity contribution >= 4 is 40.2 Å². The standard InChI is InChI=1S/C20H27N3O3S2/c1-4-7-12-26-16-10-8-15(14-17(16)25-6-3)9-11-18(24)21-19-22-23-20(28-19)27-13-5-2/h8-11,14H,4-7,12-13H2,1-3H3,(H,21,22,24)/b11-9+. The van der Waals surface area contributed by atoms with Crippen molar-refractivity contribution in [2.45, 2.75) is 44.4 Å². The Labute approximate surface area is 174 Å². The molecule has 6 nitrogen and oxygen atoms in total. The van der Waals surface area contributed by atoms with E-state index in [0.717, 1.165) is 40.7 Å². The van der Waals surface area contributed by atoms with Gasteiger partial charge >= 0.3 is 0 Å². The van der Waals surface area contributed by atoms with Gasteiger partial charge in [0.2, 0.25) is 11.0 Å². The molecule has 1 aromatic heterocycles. The zero-order chi connectivity index (χ0) is 20.2. The van der Waals surface area contributed by atoms with Crippen molar-refractivity contribution in [2.24, 2.45) is 0 Å². The third-order valence-corrected chi connectivity index (χ3v) is 5.69. The largest absolute Gasteiger partial charge is 0.490 e. The smallest absolute Gasteiger partial charge is 0.250 e. The number of carbonyl (C=O) groups is 1. The zero-order valence-corrected chi connectivity index (χ0v) is 18.2. The molecule has 28 heavy (non-hydrogen) atoms. The lowest BCUT2D eigenvalue weighted by Crippen LogP contribution is -2.07. The Hall–Kier alpha value is -2.06. The molecule has 8 heteroatoms. The Morgan fingerprint density at radius 2 is 2.04 bits per heavy atom. The number of hydrogen-bond acceptors (Lipinski definition) is 7. The summed E-state index contributed by atoms with van der Waals surface area (Å²) in [4.78, 5) is 12.1. The Bertz CT molecular complexity index is 778. The first-order chi connectivity index (χ1) is 13.7. The van der Waals surface area contributed by atoms with Gasteiger partial charge in [0.1, 0.15) is 0 Å². The molecule has 0 saturated carbocycles. The molecular weight excluding hydrogens is 394 g/mol. The molecule has 0 fully saturated rings. The molecule has 2 rings (SSSR count). The summed E-state index contributed by atoms with van der Waals surface area (Å²) in [6.07, 6.45) is 6.36. The number of anilines is 1. The van der Waals surface area contributed by atoms with Crippen LogP contribution in [0, 0.1) is 0 Å². The third kappa shape index (κ3) is 7.52. The summed E-state index contributed by atoms with van der Waals surface area (Å²) in [7, 11) is 0. The van der Waals surface area contributed by atoms with Crippen LogP contribution in [-0.4, -0.2) is 35.1 Å². The van der Waals surface area contributed by atoms with Gasteiger partial charge in [-0.2, -0.15) is 0 Å². The zero-order valence-electron chi connectivity index (χ0n) is 16.6. The number of hydrogen-bond donors (Lipinski definition) is 1. The van der Waals surface area contributed by atoms with Gasteiger partial charge in [0.25, 0.3) is 0 Å². The number of unbranched alkanes of at least 4 members (excludes halogenated alkanes) is 1. The molecule has 0 radical (unpaired) electrons. The van der Waals surface area contributed by atoms with E-state index in [1.807, 2.05) is 25.1 Å². The van der Waals surface area contributed by atoms with Gasteiger partial charge in [0.05, 0.1) is 13.2 Å². The average molecular weight is 422 g/mol. The van der Waals surface area contributed by atoms with Gasteiger partial charge in [0, 0.05) is 11.8 Å². The lowest BCUT2D eigenvalue weighted by atomic mass is 10.2. The summed E-state index contributed by atoms with van der Waals surface area (Å²) in [5.41, 5.74) is 0.859. The van der Waals surface area contributed by atoms with Crippen LogP contribution in [0.3, 0.4) is 0 Å². The fourth-order valence-electron chi connectivity index (χ4n) is 2.17. The number of amides is 1. The minimum atomic E-state index is -0.246. The van der Waals surface area contributed by atoms with E-state index in [9.17, 15) is 4.79 Å². The van der Waals surface area contributed by atoms with E-state index in [0.29, 0.717) is 24.1 Å². The van der Waals surface area contributed by atoms with Gasteiger partial charge in [-0.25, -0.2) is 0 Å². The molecular formula is C20H27N3O3S2. The second-order valence-corrected chi connectivity index (χ2v) is 8.20. The highest BCUT2D eigenvalue weighted by Crippen LogP contribution is 2.29. The maximum absolute atomic E-state index is 12.1. The first-order valence-electron chi connectivity index (χ1n) is 9.51. The Kier molecular flexibility index (Phi) is 9.85. The fraction of sp³-hybridized carbons (Fsp3) is 0.450. The number of thioether (sulfide) groups is 1. The Morgan fingerprint density at radius 1 is 1.18 bits per heavy atom. The van der Waals surface area contributed by atoms with Crippen molar-refractivity contribution < 1.29 is 14.3 Å². The van der Waals surface area contributed by atoms with E-state index in [2.05, 4.69) is 29.4 Å². The molecule has 0 bridgehead atoms. The minimum Gasteiger partial charge on any atom is -0.490 e. The highest BCUT2D eigenvalue weighted by Gasteiger charge is 2.08. The van der Waals surface area contributed by atoms with E-state index in [-0.39, 0.29) is 5.91 Å². The topological polar surface area (TPSA) is 73.3 Å². The monoisotopic (exact) mass is 421 g/mol. The van der Waals surface area contributed by atoms with Gasteiger partial charge < -0.3 is 9.47 Å². The van der Waals surface area contributed by atoms with E-state index >= 15 is 0 Å². The molecule has 152 valence electrons. The predicted octanol–water partition coefficient (Wildman–Crippen LogP) is 5.27. The molecule has 1 amide bonds. The van der Waals surface area contributed by atoms with Crippen LogP contribution in [0.25, 0.3) is 6.08 Å². The molecule has 1 aromatic carbocycles. The summed E-state index contributed by atoms with van der Waals surface area (Å²) in [5, 5.41) is 11.3. The molecule has 0 saturated heterocycles. The van der Waals surface area contributed by atoms with Crippen molar-refractivity contribution in [3.63, 3.8) is 0 Å². The van der Waals surface area contributed by atoms with Crippen LogP contribution in [-0.2, 0) is 4.79 Å². The average Bonchev–Trinajstić information content (AvgIpc) is 3.13. The molecule has 0 atom stereocenters. The van der Waals surface area contributed by atoms with Gasteiger partial charge in [0.15, 0.2) is 15.8 Å². The summed E-state index contributed by atoms with van der Waals surface area (Å²) in [5.74, 6) is 2.15. The van der Waals surface area contributed by atoms with Crippen molar-refractivity contribution in [2.75, 3.05) is 24.3 Å². The van der Waals surface area contributed by atoms with Crippen molar-refractivity contribution in [3.05, 3.63) is 29.8 Å². The van der Waals surface area contributed by atoms with E-state index in [1.54, 1.807) is 17.8 Å². The normalized spacial score (nSPS) is 11.0. The number of nitrogens with one attached hydrogen (secondary N) is 1. The van der Waals surface area contributed by atoms with E-state index in [1.165, 1.54) is 17.4 Å². The van der Waals surface area contributed by atoms with Crippen molar-refractivity contribution in [3.8, 4) is 11.5 Å². The lowest BCUT2D eigenvalue weighted by molar-refractivity contribution is -0.111. The molecule has 1 heterocycles. The van der Waals surface area contributed by atoms with Gasteiger partial charge in [-0.15, -0.1) is 10.2 Å².